The molecule has 1 aliphatic heterocycles. The van der Waals surface area contributed by atoms with Crippen molar-refractivity contribution in [3.8, 4) is 11.5 Å². The summed E-state index contributed by atoms with van der Waals surface area (Å²) in [4.78, 5) is 21.0. The normalized spacial score (nSPS) is 16.0. The van der Waals surface area contributed by atoms with Gasteiger partial charge in [0.25, 0.3) is 5.56 Å². The van der Waals surface area contributed by atoms with E-state index in [1.54, 1.807) is 18.4 Å². The van der Waals surface area contributed by atoms with Gasteiger partial charge in [-0.25, -0.2) is 4.99 Å². The summed E-state index contributed by atoms with van der Waals surface area (Å²) < 4.78 is 15.0. The van der Waals surface area contributed by atoms with Gasteiger partial charge in [0.15, 0.2) is 16.3 Å². The predicted molar refractivity (Wildman–Crippen MR) is 174 cm³/mol. The van der Waals surface area contributed by atoms with Crippen molar-refractivity contribution in [1.82, 2.24) is 4.57 Å². The van der Waals surface area contributed by atoms with Crippen molar-refractivity contribution in [1.29, 1.82) is 0 Å². The van der Waals surface area contributed by atoms with Crippen LogP contribution in [-0.2, 0) is 13.0 Å². The van der Waals surface area contributed by atoms with Crippen LogP contribution >= 0.6 is 50.2 Å². The summed E-state index contributed by atoms with van der Waals surface area (Å²) in [5, 5.41) is 2.75. The Morgan fingerprint density at radius 1 is 1.10 bits per heavy atom. The minimum absolute atomic E-state index is 0.0410. The van der Waals surface area contributed by atoms with E-state index in [9.17, 15) is 4.79 Å². The Bertz CT molecular complexity index is 2030. The quantitative estimate of drug-likeness (QED) is 0.189. The van der Waals surface area contributed by atoms with Gasteiger partial charge >= 0.3 is 0 Å². The number of halogens is 2. The maximum Gasteiger partial charge on any atom is 0.271 e. The van der Waals surface area contributed by atoms with Crippen LogP contribution in [0.2, 0.25) is 5.02 Å². The van der Waals surface area contributed by atoms with Crippen LogP contribution in [0, 0.1) is 0 Å². The third-order valence-electron chi connectivity index (χ3n) is 7.53. The number of thiophene rings is 1. The average molecular weight is 676 g/mol. The van der Waals surface area contributed by atoms with Crippen LogP contribution in [0.15, 0.2) is 98.0 Å². The average Bonchev–Trinajstić information content (AvgIpc) is 3.64. The molecule has 7 rings (SSSR count). The largest absolute Gasteiger partial charge is 0.493 e. The molecule has 1 atom stereocenters. The first-order chi connectivity index (χ1) is 20.5. The standard InChI is InChI=1S/C33H24BrClN2O3S2/c1-39-26-16-20(15-25(34)31(26)40-18-19-8-11-22(35)12-9-19)17-28-32(38)37-30(27-7-4-14-41-27)24-13-10-21-5-2-3-6-23(21)29(24)36-33(37)42-28/h2-9,11-12,14-17,30H,10,13,18H2,1H3/b28-17+. The van der Waals surface area contributed by atoms with Crippen molar-refractivity contribution in [2.24, 2.45) is 4.99 Å². The summed E-state index contributed by atoms with van der Waals surface area (Å²) >= 11 is 12.8. The SMILES string of the molecule is COc1cc(/C=c2/sc3n(c2=O)C(c2cccs2)C2=C(N=3)c3ccccc3CC2)cc(Br)c1OCc1ccc(Cl)cc1. The molecule has 5 aromatic rings. The van der Waals surface area contributed by atoms with E-state index in [0.717, 1.165) is 39.0 Å². The summed E-state index contributed by atoms with van der Waals surface area (Å²) in [6.45, 7) is 0.362. The zero-order chi connectivity index (χ0) is 28.8. The molecule has 3 aromatic carbocycles. The molecule has 42 heavy (non-hydrogen) atoms. The van der Waals surface area contributed by atoms with Crippen LogP contribution < -0.4 is 24.4 Å². The number of hydrogen-bond acceptors (Lipinski definition) is 6. The maximum atomic E-state index is 14.0. The number of thiazole rings is 1. The van der Waals surface area contributed by atoms with Gasteiger partial charge in [0.2, 0.25) is 0 Å². The number of nitrogens with zero attached hydrogens (tertiary/aromatic N) is 2. The molecule has 0 amide bonds. The van der Waals surface area contributed by atoms with Crippen LogP contribution in [0.5, 0.6) is 11.5 Å². The number of ether oxygens (including phenoxy) is 2. The van der Waals surface area contributed by atoms with Gasteiger partial charge < -0.3 is 9.47 Å². The Morgan fingerprint density at radius 2 is 1.93 bits per heavy atom. The summed E-state index contributed by atoms with van der Waals surface area (Å²) in [6.07, 6.45) is 3.73. The maximum absolute atomic E-state index is 14.0. The second-order valence-electron chi connectivity index (χ2n) is 10.1. The molecule has 0 spiro atoms. The summed E-state index contributed by atoms with van der Waals surface area (Å²) in [5.74, 6) is 1.16. The van der Waals surface area contributed by atoms with Crippen LogP contribution in [0.25, 0.3) is 11.8 Å². The molecule has 0 N–H and O–H groups in total. The lowest BCUT2D eigenvalue weighted by Gasteiger charge is -2.30. The predicted octanol–water partition coefficient (Wildman–Crippen LogP) is 7.38. The second kappa shape index (κ2) is 11.3. The number of aryl methyl sites for hydroxylation is 1. The highest BCUT2D eigenvalue weighted by Gasteiger charge is 2.33. The van der Waals surface area contributed by atoms with Gasteiger partial charge in [0.1, 0.15) is 6.61 Å². The lowest BCUT2D eigenvalue weighted by Crippen LogP contribution is -2.38. The number of benzene rings is 3. The van der Waals surface area contributed by atoms with Gasteiger partial charge in [-0.3, -0.25) is 9.36 Å². The molecular weight excluding hydrogens is 652 g/mol. The highest BCUT2D eigenvalue weighted by atomic mass is 79.9. The Kier molecular flexibility index (Phi) is 7.40. The molecule has 0 saturated heterocycles. The molecule has 3 heterocycles. The molecule has 9 heteroatoms. The van der Waals surface area contributed by atoms with Crippen molar-refractivity contribution in [2.75, 3.05) is 7.11 Å². The molecule has 0 radical (unpaired) electrons. The fraction of sp³-hybridized carbons (Fsp3) is 0.152. The highest BCUT2D eigenvalue weighted by molar-refractivity contribution is 9.10. The van der Waals surface area contributed by atoms with Crippen LogP contribution in [0.1, 0.15) is 39.6 Å². The van der Waals surface area contributed by atoms with Crippen LogP contribution in [-0.4, -0.2) is 11.7 Å². The number of rotatable bonds is 6. The molecule has 5 nitrogen and oxygen atoms in total. The number of fused-ring (bicyclic) bond motifs is 3. The number of allylic oxidation sites excluding steroid dienone is 1. The molecule has 0 saturated carbocycles. The van der Waals surface area contributed by atoms with E-state index in [1.807, 2.05) is 53.1 Å². The zero-order valence-corrected chi connectivity index (χ0v) is 26.4. The lowest BCUT2D eigenvalue weighted by atomic mass is 9.85. The molecule has 2 aliphatic rings. The number of aromatic nitrogens is 1. The first kappa shape index (κ1) is 27.4. The van der Waals surface area contributed by atoms with E-state index in [4.69, 9.17) is 26.1 Å². The summed E-state index contributed by atoms with van der Waals surface area (Å²) in [6, 6.07) is 23.8. The third kappa shape index (κ3) is 4.96. The highest BCUT2D eigenvalue weighted by Crippen LogP contribution is 2.42. The van der Waals surface area contributed by atoms with E-state index in [-0.39, 0.29) is 11.6 Å². The van der Waals surface area contributed by atoms with Gasteiger partial charge in [-0.15, -0.1) is 11.3 Å². The summed E-state index contributed by atoms with van der Waals surface area (Å²) in [7, 11) is 1.61. The van der Waals surface area contributed by atoms with Crippen molar-refractivity contribution in [2.45, 2.75) is 25.5 Å². The minimum Gasteiger partial charge on any atom is -0.493 e. The first-order valence-electron chi connectivity index (χ1n) is 13.4. The lowest BCUT2D eigenvalue weighted by molar-refractivity contribution is 0.282. The molecule has 1 unspecified atom stereocenters. The van der Waals surface area contributed by atoms with Crippen LogP contribution in [0.3, 0.4) is 0 Å². The van der Waals surface area contributed by atoms with Crippen molar-refractivity contribution in [3.05, 3.63) is 140 Å². The first-order valence-corrected chi connectivity index (χ1v) is 16.3. The smallest absolute Gasteiger partial charge is 0.271 e. The minimum atomic E-state index is -0.156. The molecule has 0 bridgehead atoms. The van der Waals surface area contributed by atoms with Gasteiger partial charge in [-0.05, 0) is 92.8 Å². The number of methoxy groups -OCH3 is 1. The molecular formula is C33H24BrClN2O3S2. The van der Waals surface area contributed by atoms with Crippen molar-refractivity contribution < 1.29 is 9.47 Å². The molecule has 2 aromatic heterocycles. The molecule has 0 fully saturated rings. The monoisotopic (exact) mass is 674 g/mol. The summed E-state index contributed by atoms with van der Waals surface area (Å²) in [5.41, 5.74) is 6.46. The fourth-order valence-electron chi connectivity index (χ4n) is 5.57. The van der Waals surface area contributed by atoms with Gasteiger partial charge in [-0.1, -0.05) is 65.4 Å². The Labute approximate surface area is 263 Å². The van der Waals surface area contributed by atoms with E-state index in [1.165, 1.54) is 28.0 Å². The molecule has 1 aliphatic carbocycles. The van der Waals surface area contributed by atoms with Gasteiger partial charge in [0, 0.05) is 15.5 Å². The molecule has 210 valence electrons. The topological polar surface area (TPSA) is 52.8 Å². The number of hydrogen-bond donors (Lipinski definition) is 0. The van der Waals surface area contributed by atoms with E-state index >= 15 is 0 Å². The van der Waals surface area contributed by atoms with Crippen molar-refractivity contribution >= 4 is 62.0 Å². The van der Waals surface area contributed by atoms with E-state index in [2.05, 4.69) is 51.6 Å². The Morgan fingerprint density at radius 3 is 2.71 bits per heavy atom. The Hall–Kier alpha value is -3.43. The van der Waals surface area contributed by atoms with Crippen molar-refractivity contribution in [3.63, 3.8) is 0 Å². The van der Waals surface area contributed by atoms with E-state index < -0.39 is 0 Å². The van der Waals surface area contributed by atoms with E-state index in [0.29, 0.717) is 32.5 Å². The Balaban J connectivity index is 1.30. The second-order valence-corrected chi connectivity index (χ2v) is 13.4. The third-order valence-corrected chi connectivity index (χ3v) is 10.3. The van der Waals surface area contributed by atoms with Gasteiger partial charge in [-0.2, -0.15) is 0 Å². The fourth-order valence-corrected chi connectivity index (χ4v) is 8.12. The zero-order valence-electron chi connectivity index (χ0n) is 22.5. The van der Waals surface area contributed by atoms with Crippen LogP contribution in [0.4, 0.5) is 0 Å². The van der Waals surface area contributed by atoms with Gasteiger partial charge in [0.05, 0.1) is 27.9 Å².